The zero-order valence-electron chi connectivity index (χ0n) is 5.53. The molecule has 0 radical (unpaired) electrons. The van der Waals surface area contributed by atoms with Crippen molar-refractivity contribution in [2.75, 3.05) is 5.73 Å². The molecule has 1 aromatic rings. The van der Waals surface area contributed by atoms with Crippen molar-refractivity contribution in [2.45, 2.75) is 0 Å². The Kier molecular flexibility index (Phi) is 1.66. The van der Waals surface area contributed by atoms with Gasteiger partial charge in [-0.1, -0.05) is 0 Å². The van der Waals surface area contributed by atoms with Gasteiger partial charge in [-0.25, -0.2) is 0 Å². The fourth-order valence-corrected chi connectivity index (χ4v) is 1.18. The van der Waals surface area contributed by atoms with E-state index in [2.05, 4.69) is 5.10 Å². The molecular weight excluding hydrogens is 147 g/mol. The lowest BCUT2D eigenvalue weighted by molar-refractivity contribution is 0.0996. The first kappa shape index (κ1) is 7.12. The molecule has 0 unspecified atom stereocenters. The molecule has 0 bridgehead atoms. The Labute approximate surface area is 65.6 Å². The predicted octanol–water partition coefficient (Wildman–Crippen LogP) is -2.04. The highest BCUT2D eigenvalue weighted by Crippen LogP contribution is 2.05. The Hall–Kier alpha value is -0.988. The first-order valence-corrected chi connectivity index (χ1v) is 3.59. The first-order valence-electron chi connectivity index (χ1n) is 2.70. The molecular formula is C4H7AlN4O. The van der Waals surface area contributed by atoms with Crippen molar-refractivity contribution in [1.29, 1.82) is 0 Å². The fourth-order valence-electron chi connectivity index (χ4n) is 0.698. The largest absolute Gasteiger partial charge is 0.398 e. The van der Waals surface area contributed by atoms with Gasteiger partial charge in [0.25, 0.3) is 5.91 Å². The summed E-state index contributed by atoms with van der Waals surface area (Å²) in [6.07, 6.45) is 1.59. The summed E-state index contributed by atoms with van der Waals surface area (Å²) in [5, 5.41) is 3.79. The Morgan fingerprint density at radius 1 is 1.80 bits per heavy atom. The molecule has 0 aliphatic heterocycles. The van der Waals surface area contributed by atoms with Crippen LogP contribution in [0.25, 0.3) is 0 Å². The predicted molar refractivity (Wildman–Crippen MR) is 39.1 cm³/mol. The Morgan fingerprint density at radius 3 is 2.60 bits per heavy atom. The van der Waals surface area contributed by atoms with E-state index in [4.69, 9.17) is 11.5 Å². The molecule has 1 amide bonds. The molecule has 10 heavy (non-hydrogen) atoms. The lowest BCUT2D eigenvalue weighted by Crippen LogP contribution is -2.13. The van der Waals surface area contributed by atoms with Gasteiger partial charge in [-0.15, -0.1) is 0 Å². The van der Waals surface area contributed by atoms with Crippen molar-refractivity contribution in [3.05, 3.63) is 11.9 Å². The minimum atomic E-state index is -0.577. The Balaban J connectivity index is 3.15. The number of nitrogens with two attached hydrogens (primary N) is 2. The standard InChI is InChI=1S/C4H6N4O.Al.2H/c5-2-1-7-8-3(2)4(6)9;;;/h1H,(H5,5,6,7,8,9);;;/q;+1;;/p-1. The van der Waals surface area contributed by atoms with E-state index in [0.717, 1.165) is 0 Å². The van der Waals surface area contributed by atoms with Crippen molar-refractivity contribution in [2.24, 2.45) is 5.73 Å². The van der Waals surface area contributed by atoms with E-state index in [1.165, 1.54) is 0 Å². The maximum Gasteiger partial charge on any atom is 0.398 e. The van der Waals surface area contributed by atoms with Crippen LogP contribution in [0.15, 0.2) is 6.20 Å². The third-order valence-corrected chi connectivity index (χ3v) is 1.55. The van der Waals surface area contributed by atoms with E-state index in [9.17, 15) is 4.79 Å². The number of anilines is 1. The lowest BCUT2D eigenvalue weighted by Gasteiger charge is -1.86. The maximum atomic E-state index is 10.5. The van der Waals surface area contributed by atoms with Crippen LogP contribution in [0.1, 0.15) is 10.5 Å². The zero-order chi connectivity index (χ0) is 7.72. The molecule has 0 fully saturated rings. The normalized spacial score (nSPS) is 9.60. The number of carbonyl (C=O) groups excluding carboxylic acids is 1. The average molecular weight is 154 g/mol. The third kappa shape index (κ3) is 1.12. The summed E-state index contributed by atoms with van der Waals surface area (Å²) in [6, 6.07) is 0. The highest BCUT2D eigenvalue weighted by atomic mass is 27.1. The first-order chi connectivity index (χ1) is 4.61. The third-order valence-electron chi connectivity index (χ3n) is 1.09. The molecule has 4 N–H and O–H groups in total. The molecule has 1 heterocycles. The van der Waals surface area contributed by atoms with Gasteiger partial charge < -0.3 is 15.1 Å². The van der Waals surface area contributed by atoms with Gasteiger partial charge in [0.2, 0.25) is 0 Å². The number of amides is 1. The van der Waals surface area contributed by atoms with Crippen LogP contribution in [0.4, 0.5) is 5.69 Å². The average Bonchev–Trinajstić information content (AvgIpc) is 2.10. The second kappa shape index (κ2) is 2.33. The van der Waals surface area contributed by atoms with Crippen LogP contribution < -0.4 is 11.5 Å². The van der Waals surface area contributed by atoms with Crippen LogP contribution in [0.5, 0.6) is 0 Å². The minimum absolute atomic E-state index is 0.162. The van der Waals surface area contributed by atoms with Crippen molar-refractivity contribution in [3.8, 4) is 0 Å². The molecule has 0 atom stereocenters. The second-order valence-electron chi connectivity index (χ2n) is 1.97. The van der Waals surface area contributed by atoms with Gasteiger partial charge in [-0.2, -0.15) is 5.10 Å². The summed E-state index contributed by atoms with van der Waals surface area (Å²) in [5.41, 5.74) is 10.8. The van der Waals surface area contributed by atoms with E-state index in [0.29, 0.717) is 22.2 Å². The lowest BCUT2D eigenvalue weighted by atomic mass is 10.4. The van der Waals surface area contributed by atoms with Crippen molar-refractivity contribution < 1.29 is 4.79 Å². The van der Waals surface area contributed by atoms with Crippen molar-refractivity contribution >= 4 is 28.1 Å². The molecule has 0 spiro atoms. The van der Waals surface area contributed by atoms with Crippen LogP contribution in [-0.4, -0.2) is 31.2 Å². The van der Waals surface area contributed by atoms with E-state index >= 15 is 0 Å². The smallest absolute Gasteiger partial charge is 0.396 e. The Bertz CT molecular complexity index is 268. The Morgan fingerprint density at radius 2 is 2.40 bits per heavy atom. The topological polar surface area (TPSA) is 86.9 Å². The fraction of sp³-hybridized carbons (Fsp3) is 0. The summed E-state index contributed by atoms with van der Waals surface area (Å²) < 4.78 is 1.58. The maximum absolute atomic E-state index is 10.5. The molecule has 1 aromatic heterocycles. The number of carbonyl (C=O) groups is 1. The minimum Gasteiger partial charge on any atom is -0.396 e. The second-order valence-corrected chi connectivity index (χ2v) is 2.89. The molecule has 52 valence electrons. The van der Waals surface area contributed by atoms with Gasteiger partial charge in [0.1, 0.15) is 0 Å². The van der Waals surface area contributed by atoms with E-state index in [1.54, 1.807) is 9.86 Å². The summed E-state index contributed by atoms with van der Waals surface area (Å²) in [4.78, 5) is 10.5. The highest BCUT2D eigenvalue weighted by Gasteiger charge is 2.07. The number of aromatic nitrogens is 2. The SMILES string of the molecule is NC(=O)c1n[n]([AlH2])cc1N. The van der Waals surface area contributed by atoms with Crippen LogP contribution in [0.2, 0.25) is 0 Å². The van der Waals surface area contributed by atoms with E-state index in [1.807, 2.05) is 0 Å². The zero-order valence-corrected chi connectivity index (χ0v) is 7.53. The quantitative estimate of drug-likeness (QED) is 0.457. The van der Waals surface area contributed by atoms with Gasteiger partial charge in [0.15, 0.2) is 5.69 Å². The number of primary amides is 1. The van der Waals surface area contributed by atoms with Gasteiger partial charge in [0, 0.05) is 6.20 Å². The molecule has 0 aliphatic carbocycles. The molecule has 0 aliphatic rings. The summed E-state index contributed by atoms with van der Waals surface area (Å²) >= 11 is 0.707. The van der Waals surface area contributed by atoms with Gasteiger partial charge in [0.05, 0.1) is 5.69 Å². The van der Waals surface area contributed by atoms with Gasteiger partial charge in [-0.05, 0) is 0 Å². The summed E-state index contributed by atoms with van der Waals surface area (Å²) in [6.45, 7) is 0. The number of nitrogens with zero attached hydrogens (tertiary/aromatic N) is 2. The number of rotatable bonds is 1. The number of nitrogen functional groups attached to an aromatic ring is 1. The van der Waals surface area contributed by atoms with Crippen LogP contribution >= 0.6 is 0 Å². The number of hydrogen-bond acceptors (Lipinski definition) is 3. The number of hydrogen-bond donors (Lipinski definition) is 2. The summed E-state index contributed by atoms with van der Waals surface area (Å²) in [7, 11) is 0. The molecule has 0 saturated carbocycles. The summed E-state index contributed by atoms with van der Waals surface area (Å²) in [5.74, 6) is -0.577. The van der Waals surface area contributed by atoms with Crippen LogP contribution in [0, 0.1) is 0 Å². The van der Waals surface area contributed by atoms with Gasteiger partial charge in [-0.3, -0.25) is 4.79 Å². The van der Waals surface area contributed by atoms with E-state index < -0.39 is 5.91 Å². The highest BCUT2D eigenvalue weighted by molar-refractivity contribution is 6.07. The molecule has 0 aromatic carbocycles. The molecule has 5 nitrogen and oxygen atoms in total. The van der Waals surface area contributed by atoms with Crippen LogP contribution in [0.3, 0.4) is 0 Å². The van der Waals surface area contributed by atoms with Gasteiger partial charge >= 0.3 is 16.5 Å². The van der Waals surface area contributed by atoms with E-state index in [-0.39, 0.29) is 5.69 Å². The molecule has 6 heteroatoms. The van der Waals surface area contributed by atoms with Crippen molar-refractivity contribution in [3.63, 3.8) is 0 Å². The van der Waals surface area contributed by atoms with Crippen molar-refractivity contribution in [1.82, 2.24) is 8.76 Å². The van der Waals surface area contributed by atoms with Crippen LogP contribution in [-0.2, 0) is 0 Å². The molecule has 1 rings (SSSR count). The molecule has 0 saturated heterocycles. The monoisotopic (exact) mass is 154 g/mol.